The molecule has 1 heterocycles. The summed E-state index contributed by atoms with van der Waals surface area (Å²) in [5.74, 6) is 9.46. The molecule has 1 saturated heterocycles. The van der Waals surface area contributed by atoms with E-state index >= 15 is 0 Å². The van der Waals surface area contributed by atoms with Gasteiger partial charge in [0, 0.05) is 32.0 Å². The van der Waals surface area contributed by atoms with Crippen LogP contribution in [0.1, 0.15) is 91.9 Å². The molecule has 0 aromatic heterocycles. The molecule has 1 rings (SSSR count). The predicted molar refractivity (Wildman–Crippen MR) is 121 cm³/mol. The molecule has 1 aliphatic heterocycles. The van der Waals surface area contributed by atoms with Crippen LogP contribution in [0.2, 0.25) is 0 Å². The van der Waals surface area contributed by atoms with E-state index in [0.717, 1.165) is 18.3 Å². The van der Waals surface area contributed by atoms with Crippen molar-refractivity contribution in [2.24, 2.45) is 17.8 Å². The molecule has 27 heavy (non-hydrogen) atoms. The van der Waals surface area contributed by atoms with Crippen molar-refractivity contribution in [3.05, 3.63) is 0 Å². The first-order valence-electron chi connectivity index (χ1n) is 12.0. The third kappa shape index (κ3) is 11.8. The standard InChI is InChI=1S/C25H48N2/c1-6-9-14-24(13-8-3)15-10-11-18-27-19-16-25(17-20-27)22-26(5)21-23(4)12-7-2/h23-25H,6-9,11-14,16-22H2,1-5H3. The molecule has 0 aliphatic carbocycles. The molecule has 0 bridgehead atoms. The van der Waals surface area contributed by atoms with Crippen LogP contribution < -0.4 is 0 Å². The summed E-state index contributed by atoms with van der Waals surface area (Å²) in [5, 5.41) is 0. The van der Waals surface area contributed by atoms with Gasteiger partial charge >= 0.3 is 0 Å². The fraction of sp³-hybridized carbons (Fsp3) is 0.920. The number of likely N-dealkylation sites (tertiary alicyclic amines) is 1. The summed E-state index contributed by atoms with van der Waals surface area (Å²) < 4.78 is 0. The van der Waals surface area contributed by atoms with Crippen molar-refractivity contribution in [2.45, 2.75) is 91.9 Å². The van der Waals surface area contributed by atoms with Gasteiger partial charge in [0.25, 0.3) is 0 Å². The maximum Gasteiger partial charge on any atom is 0.0217 e. The van der Waals surface area contributed by atoms with Crippen molar-refractivity contribution < 1.29 is 0 Å². The Kier molecular flexibility index (Phi) is 14.0. The van der Waals surface area contributed by atoms with Crippen LogP contribution in [-0.4, -0.2) is 49.6 Å². The number of hydrogen-bond donors (Lipinski definition) is 0. The highest BCUT2D eigenvalue weighted by atomic mass is 15.1. The Morgan fingerprint density at radius 2 is 1.70 bits per heavy atom. The average Bonchev–Trinajstić information content (AvgIpc) is 2.64. The second-order valence-corrected chi connectivity index (χ2v) is 9.10. The van der Waals surface area contributed by atoms with Gasteiger partial charge in [-0.25, -0.2) is 0 Å². The average molecular weight is 377 g/mol. The van der Waals surface area contributed by atoms with Gasteiger partial charge in [0.05, 0.1) is 0 Å². The van der Waals surface area contributed by atoms with E-state index in [0.29, 0.717) is 5.92 Å². The Morgan fingerprint density at radius 1 is 1.00 bits per heavy atom. The smallest absolute Gasteiger partial charge is 0.0217 e. The molecule has 0 N–H and O–H groups in total. The summed E-state index contributed by atoms with van der Waals surface area (Å²) >= 11 is 0. The van der Waals surface area contributed by atoms with Gasteiger partial charge < -0.3 is 9.80 Å². The molecule has 2 nitrogen and oxygen atoms in total. The van der Waals surface area contributed by atoms with Crippen LogP contribution >= 0.6 is 0 Å². The Balaban J connectivity index is 2.20. The molecular weight excluding hydrogens is 328 g/mol. The first kappa shape index (κ1) is 24.5. The Hall–Kier alpha value is -0.520. The lowest BCUT2D eigenvalue weighted by Crippen LogP contribution is -2.39. The molecule has 2 heteroatoms. The molecule has 1 aliphatic rings. The van der Waals surface area contributed by atoms with Gasteiger partial charge in [0.2, 0.25) is 0 Å². The zero-order chi connectivity index (χ0) is 19.9. The van der Waals surface area contributed by atoms with Gasteiger partial charge in [-0.05, 0) is 64.1 Å². The number of hydrogen-bond acceptors (Lipinski definition) is 2. The monoisotopic (exact) mass is 376 g/mol. The minimum absolute atomic E-state index is 0.645. The summed E-state index contributed by atoms with van der Waals surface area (Å²) in [5.41, 5.74) is 0. The van der Waals surface area contributed by atoms with E-state index < -0.39 is 0 Å². The largest absolute Gasteiger partial charge is 0.306 e. The lowest BCUT2D eigenvalue weighted by Gasteiger charge is -2.34. The SMILES string of the molecule is CCCCC(C#CCCN1CCC(CN(C)CC(C)CCC)CC1)CCC. The van der Waals surface area contributed by atoms with Gasteiger partial charge in [0.1, 0.15) is 0 Å². The maximum absolute atomic E-state index is 3.58. The van der Waals surface area contributed by atoms with E-state index in [1.165, 1.54) is 90.5 Å². The lowest BCUT2D eigenvalue weighted by molar-refractivity contribution is 0.149. The second kappa shape index (κ2) is 15.4. The highest BCUT2D eigenvalue weighted by molar-refractivity contribution is 5.04. The summed E-state index contributed by atoms with van der Waals surface area (Å²) in [6, 6.07) is 0. The minimum Gasteiger partial charge on any atom is -0.306 e. The summed E-state index contributed by atoms with van der Waals surface area (Å²) in [7, 11) is 2.32. The van der Waals surface area contributed by atoms with Crippen LogP contribution in [0.4, 0.5) is 0 Å². The number of nitrogens with zero attached hydrogens (tertiary/aromatic N) is 2. The summed E-state index contributed by atoms with van der Waals surface area (Å²) in [4.78, 5) is 5.22. The van der Waals surface area contributed by atoms with Crippen LogP contribution in [0.3, 0.4) is 0 Å². The Labute approximate surface area is 171 Å². The molecule has 0 radical (unpaired) electrons. The van der Waals surface area contributed by atoms with E-state index in [1.807, 2.05) is 0 Å². The summed E-state index contributed by atoms with van der Waals surface area (Å²) in [6.07, 6.45) is 12.9. The third-order valence-corrected chi connectivity index (χ3v) is 6.08. The van der Waals surface area contributed by atoms with Crippen molar-refractivity contribution in [1.29, 1.82) is 0 Å². The van der Waals surface area contributed by atoms with Crippen LogP contribution in [0, 0.1) is 29.6 Å². The van der Waals surface area contributed by atoms with E-state index in [2.05, 4.69) is 56.4 Å². The zero-order valence-electron chi connectivity index (χ0n) is 19.2. The molecule has 0 amide bonds. The number of rotatable bonds is 13. The number of unbranched alkanes of at least 4 members (excludes halogenated alkanes) is 1. The quantitative estimate of drug-likeness (QED) is 0.360. The first-order chi connectivity index (χ1) is 13.1. The fourth-order valence-corrected chi connectivity index (χ4v) is 4.54. The van der Waals surface area contributed by atoms with Crippen LogP contribution in [0.25, 0.3) is 0 Å². The van der Waals surface area contributed by atoms with E-state index in [-0.39, 0.29) is 0 Å². The normalized spacial score (nSPS) is 18.3. The topological polar surface area (TPSA) is 6.48 Å². The maximum atomic E-state index is 3.58. The van der Waals surface area contributed by atoms with Gasteiger partial charge in [-0.1, -0.05) is 59.3 Å². The highest BCUT2D eigenvalue weighted by Crippen LogP contribution is 2.19. The van der Waals surface area contributed by atoms with Crippen LogP contribution in [0.15, 0.2) is 0 Å². The van der Waals surface area contributed by atoms with Gasteiger partial charge in [-0.3, -0.25) is 0 Å². The van der Waals surface area contributed by atoms with Gasteiger partial charge in [-0.15, -0.1) is 5.92 Å². The van der Waals surface area contributed by atoms with Crippen molar-refractivity contribution in [2.75, 3.05) is 39.8 Å². The molecule has 2 atom stereocenters. The van der Waals surface area contributed by atoms with Crippen LogP contribution in [-0.2, 0) is 0 Å². The minimum atomic E-state index is 0.645. The number of piperidine rings is 1. The zero-order valence-corrected chi connectivity index (χ0v) is 19.2. The van der Waals surface area contributed by atoms with Crippen LogP contribution in [0.5, 0.6) is 0 Å². The van der Waals surface area contributed by atoms with Gasteiger partial charge in [-0.2, -0.15) is 0 Å². The molecule has 0 spiro atoms. The molecular formula is C25H48N2. The van der Waals surface area contributed by atoms with Gasteiger partial charge in [0.15, 0.2) is 0 Å². The molecule has 158 valence electrons. The fourth-order valence-electron chi connectivity index (χ4n) is 4.54. The Bertz CT molecular complexity index is 400. The van der Waals surface area contributed by atoms with Crippen molar-refractivity contribution in [3.63, 3.8) is 0 Å². The molecule has 0 aromatic carbocycles. The van der Waals surface area contributed by atoms with Crippen molar-refractivity contribution in [1.82, 2.24) is 9.80 Å². The van der Waals surface area contributed by atoms with E-state index in [9.17, 15) is 0 Å². The predicted octanol–water partition coefficient (Wildman–Crippen LogP) is 6.07. The highest BCUT2D eigenvalue weighted by Gasteiger charge is 2.20. The van der Waals surface area contributed by atoms with Crippen molar-refractivity contribution in [3.8, 4) is 11.8 Å². The lowest BCUT2D eigenvalue weighted by atomic mass is 9.95. The van der Waals surface area contributed by atoms with E-state index in [1.54, 1.807) is 0 Å². The third-order valence-electron chi connectivity index (χ3n) is 6.08. The van der Waals surface area contributed by atoms with E-state index in [4.69, 9.17) is 0 Å². The molecule has 2 unspecified atom stereocenters. The summed E-state index contributed by atoms with van der Waals surface area (Å²) in [6.45, 7) is 15.5. The second-order valence-electron chi connectivity index (χ2n) is 9.10. The molecule has 1 fully saturated rings. The van der Waals surface area contributed by atoms with Crippen molar-refractivity contribution >= 4 is 0 Å². The molecule has 0 aromatic rings. The first-order valence-corrected chi connectivity index (χ1v) is 12.0. The Morgan fingerprint density at radius 3 is 2.33 bits per heavy atom. The molecule has 0 saturated carbocycles.